The Morgan fingerprint density at radius 2 is 1.90 bits per heavy atom. The summed E-state index contributed by atoms with van der Waals surface area (Å²) in [5, 5.41) is 3.35. The Balaban J connectivity index is 3.06. The van der Waals surface area contributed by atoms with Crippen molar-refractivity contribution < 1.29 is 8.42 Å². The molecule has 0 aromatic carbocycles. The fourth-order valence-corrected chi connectivity index (χ4v) is 5.51. The van der Waals surface area contributed by atoms with Crippen LogP contribution < -0.4 is 5.32 Å². The molecule has 0 fully saturated rings. The van der Waals surface area contributed by atoms with Crippen LogP contribution in [0.25, 0.3) is 0 Å². The van der Waals surface area contributed by atoms with Crippen LogP contribution in [0.4, 0.5) is 0 Å². The minimum absolute atomic E-state index is 0.0274. The number of hydrogen-bond acceptors (Lipinski definition) is 4. The Bertz CT molecular complexity index is 550. The second kappa shape index (κ2) is 7.72. The lowest BCUT2D eigenvalue weighted by Gasteiger charge is -2.25. The third kappa shape index (κ3) is 4.52. The van der Waals surface area contributed by atoms with Crippen LogP contribution in [-0.4, -0.2) is 31.4 Å². The summed E-state index contributed by atoms with van der Waals surface area (Å²) in [6, 6.07) is 2.22. The van der Waals surface area contributed by atoms with Crippen molar-refractivity contribution in [2.75, 3.05) is 6.54 Å². The summed E-state index contributed by atoms with van der Waals surface area (Å²) in [6.45, 7) is 13.2. The van der Waals surface area contributed by atoms with E-state index in [4.69, 9.17) is 0 Å². The highest BCUT2D eigenvalue weighted by molar-refractivity contribution is 7.91. The molecule has 0 aliphatic heterocycles. The van der Waals surface area contributed by atoms with E-state index in [9.17, 15) is 8.42 Å². The van der Waals surface area contributed by atoms with Gasteiger partial charge in [0.2, 0.25) is 0 Å². The molecule has 6 heteroatoms. The normalized spacial score (nSPS) is 14.1. The van der Waals surface area contributed by atoms with E-state index in [1.165, 1.54) is 11.3 Å². The first-order valence-corrected chi connectivity index (χ1v) is 9.84. The van der Waals surface area contributed by atoms with Gasteiger partial charge in [0.15, 0.2) is 0 Å². The van der Waals surface area contributed by atoms with Gasteiger partial charge in [-0.05, 0) is 31.9 Å². The number of nitrogens with zero attached hydrogens (tertiary/aromatic N) is 1. The second-order valence-electron chi connectivity index (χ2n) is 5.67. The van der Waals surface area contributed by atoms with Crippen molar-refractivity contribution in [2.24, 2.45) is 0 Å². The minimum Gasteiger partial charge on any atom is -0.310 e. The summed E-state index contributed by atoms with van der Waals surface area (Å²) in [5.41, 5.74) is 1.05. The van der Waals surface area contributed by atoms with E-state index < -0.39 is 10.0 Å². The van der Waals surface area contributed by atoms with Crippen molar-refractivity contribution in [3.8, 4) is 0 Å². The predicted molar refractivity (Wildman–Crippen MR) is 90.4 cm³/mol. The molecular weight excluding hydrogens is 304 g/mol. The van der Waals surface area contributed by atoms with Gasteiger partial charge in [-0.2, -0.15) is 4.31 Å². The van der Waals surface area contributed by atoms with Gasteiger partial charge in [-0.25, -0.2) is 8.42 Å². The van der Waals surface area contributed by atoms with E-state index in [-0.39, 0.29) is 6.04 Å². The van der Waals surface area contributed by atoms with Crippen LogP contribution >= 0.6 is 11.3 Å². The van der Waals surface area contributed by atoms with E-state index in [1.807, 2.05) is 33.8 Å². The van der Waals surface area contributed by atoms with Crippen LogP contribution in [0.2, 0.25) is 0 Å². The monoisotopic (exact) mass is 332 g/mol. The van der Waals surface area contributed by atoms with E-state index in [1.54, 1.807) is 4.31 Å². The highest BCUT2D eigenvalue weighted by Crippen LogP contribution is 2.29. The zero-order chi connectivity index (χ0) is 16.2. The largest absolute Gasteiger partial charge is 0.310 e. The van der Waals surface area contributed by atoms with Gasteiger partial charge in [0.1, 0.15) is 4.21 Å². The van der Waals surface area contributed by atoms with Crippen molar-refractivity contribution in [3.63, 3.8) is 0 Å². The number of nitrogens with one attached hydrogen (secondary N) is 1. The zero-order valence-electron chi connectivity index (χ0n) is 13.9. The van der Waals surface area contributed by atoms with Gasteiger partial charge >= 0.3 is 0 Å². The highest BCUT2D eigenvalue weighted by Gasteiger charge is 2.29. The van der Waals surface area contributed by atoms with Gasteiger partial charge in [0.25, 0.3) is 10.0 Å². The predicted octanol–water partition coefficient (Wildman–Crippen LogP) is 3.36. The summed E-state index contributed by atoms with van der Waals surface area (Å²) < 4.78 is 27.6. The van der Waals surface area contributed by atoms with Crippen LogP contribution in [0, 0.1) is 6.92 Å². The molecule has 0 radical (unpaired) electrons. The maximum atomic E-state index is 12.8. The second-order valence-corrected chi connectivity index (χ2v) is 8.93. The van der Waals surface area contributed by atoms with Gasteiger partial charge in [-0.15, -0.1) is 11.3 Å². The summed E-state index contributed by atoms with van der Waals surface area (Å²) in [7, 11) is -3.38. The lowest BCUT2D eigenvalue weighted by Crippen LogP contribution is -2.37. The number of hydrogen-bond donors (Lipinski definition) is 1. The van der Waals surface area contributed by atoms with Crippen molar-refractivity contribution in [3.05, 3.63) is 16.5 Å². The molecule has 1 heterocycles. The van der Waals surface area contributed by atoms with E-state index in [0.717, 1.165) is 23.4 Å². The van der Waals surface area contributed by atoms with Crippen LogP contribution in [0.3, 0.4) is 0 Å². The summed E-state index contributed by atoms with van der Waals surface area (Å²) >= 11 is 1.39. The molecule has 0 amide bonds. The molecule has 4 nitrogen and oxygen atoms in total. The molecule has 0 aliphatic rings. The van der Waals surface area contributed by atoms with E-state index in [0.29, 0.717) is 16.8 Å². The molecule has 1 unspecified atom stereocenters. The van der Waals surface area contributed by atoms with Crippen molar-refractivity contribution >= 4 is 21.4 Å². The van der Waals surface area contributed by atoms with E-state index in [2.05, 4.69) is 19.2 Å². The number of aryl methyl sites for hydroxylation is 1. The Kier molecular flexibility index (Phi) is 6.84. The zero-order valence-corrected chi connectivity index (χ0v) is 15.6. The third-order valence-corrected chi connectivity index (χ3v) is 7.40. The van der Waals surface area contributed by atoms with Gasteiger partial charge in [-0.1, -0.05) is 27.7 Å². The maximum Gasteiger partial charge on any atom is 0.252 e. The summed E-state index contributed by atoms with van der Waals surface area (Å²) in [5.74, 6) is 0. The number of sulfonamides is 1. The van der Waals surface area contributed by atoms with Gasteiger partial charge < -0.3 is 5.32 Å². The molecule has 1 rings (SSSR count). The molecule has 0 bridgehead atoms. The molecule has 1 N–H and O–H groups in total. The first-order valence-electron chi connectivity index (χ1n) is 7.58. The molecule has 0 saturated carbocycles. The molecule has 1 atom stereocenters. The fraction of sp³-hybridized carbons (Fsp3) is 0.733. The van der Waals surface area contributed by atoms with Gasteiger partial charge in [0.05, 0.1) is 0 Å². The van der Waals surface area contributed by atoms with Crippen LogP contribution in [0.5, 0.6) is 0 Å². The first-order chi connectivity index (χ1) is 9.73. The average molecular weight is 333 g/mol. The van der Waals surface area contributed by atoms with Gasteiger partial charge in [-0.3, -0.25) is 0 Å². The summed E-state index contributed by atoms with van der Waals surface area (Å²) in [6.07, 6.45) is 0.819. The Morgan fingerprint density at radius 3 is 2.38 bits per heavy atom. The third-order valence-electron chi connectivity index (χ3n) is 3.63. The molecule has 0 saturated heterocycles. The Labute approximate surface area is 133 Å². The topological polar surface area (TPSA) is 49.4 Å². The van der Waals surface area contributed by atoms with Crippen molar-refractivity contribution in [2.45, 2.75) is 70.8 Å². The molecule has 0 spiro atoms. The molecule has 1 aromatic heterocycles. The number of rotatable bonds is 8. The smallest absolute Gasteiger partial charge is 0.252 e. The fourth-order valence-electron chi connectivity index (χ4n) is 2.13. The Morgan fingerprint density at radius 1 is 1.29 bits per heavy atom. The van der Waals surface area contributed by atoms with Gasteiger partial charge in [0, 0.05) is 30.1 Å². The minimum atomic E-state index is -3.38. The molecule has 0 aliphatic carbocycles. The standard InChI is InChI=1S/C15H28N2O2S2/c1-7-13(6)17(8-2)21(18,19)15-9-12(5)14(20-15)10-16-11(3)4/h9,11,13,16H,7-8,10H2,1-6H3. The van der Waals surface area contributed by atoms with Crippen LogP contribution in [0.1, 0.15) is 51.5 Å². The highest BCUT2D eigenvalue weighted by atomic mass is 32.2. The van der Waals surface area contributed by atoms with Crippen molar-refractivity contribution in [1.82, 2.24) is 9.62 Å². The number of thiophene rings is 1. The van der Waals surface area contributed by atoms with E-state index >= 15 is 0 Å². The first kappa shape index (κ1) is 18.6. The van der Waals surface area contributed by atoms with Crippen LogP contribution in [0.15, 0.2) is 10.3 Å². The molecular formula is C15H28N2O2S2. The maximum absolute atomic E-state index is 12.8. The lowest BCUT2D eigenvalue weighted by atomic mass is 10.3. The Hall–Kier alpha value is -0.430. The van der Waals surface area contributed by atoms with Crippen molar-refractivity contribution in [1.29, 1.82) is 0 Å². The lowest BCUT2D eigenvalue weighted by molar-refractivity contribution is 0.343. The quantitative estimate of drug-likeness (QED) is 0.794. The molecule has 122 valence electrons. The SMILES string of the molecule is CCC(C)N(CC)S(=O)(=O)c1cc(C)c(CNC(C)C)s1. The summed E-state index contributed by atoms with van der Waals surface area (Å²) in [4.78, 5) is 1.10. The van der Waals surface area contributed by atoms with Crippen LogP contribution in [-0.2, 0) is 16.6 Å². The molecule has 1 aromatic rings. The average Bonchev–Trinajstić information content (AvgIpc) is 2.78. The molecule has 21 heavy (non-hydrogen) atoms.